The van der Waals surface area contributed by atoms with E-state index in [1.807, 2.05) is 64.2 Å². The van der Waals surface area contributed by atoms with E-state index in [1.165, 1.54) is 17.1 Å². The molecule has 0 saturated heterocycles. The molecule has 0 bridgehead atoms. The predicted molar refractivity (Wildman–Crippen MR) is 150 cm³/mol. The second-order valence-electron chi connectivity index (χ2n) is 6.87. The standard InChI is InChI=1S/C12H11N3.C9H8ClN5S.2C2H6/c1-2-4-10-9(3-1)5-6-13-11(10)12-14-7-8-15-12;10-5-1-2-6-8(15-16-14-6)7(5)13-9-11-3-4-12-9;2*1-2/h1-6H,7-8H2,(H,14,15);1-2H,3-4H2,(H2,11,12,13);2*1-2H3. The number of halogens is 1. The van der Waals surface area contributed by atoms with E-state index in [2.05, 4.69) is 51.8 Å². The van der Waals surface area contributed by atoms with Crippen molar-refractivity contribution in [2.75, 3.05) is 31.5 Å². The molecular weight excluding hydrogens is 480 g/mol. The van der Waals surface area contributed by atoms with Crippen LogP contribution in [0, 0.1) is 0 Å². The smallest absolute Gasteiger partial charge is 0.196 e. The first kappa shape index (κ1) is 26.3. The molecule has 4 heterocycles. The zero-order valence-electron chi connectivity index (χ0n) is 20.5. The number of aromatic nitrogens is 3. The number of rotatable bonds is 2. The summed E-state index contributed by atoms with van der Waals surface area (Å²) in [7, 11) is 0. The first-order valence-corrected chi connectivity index (χ1v) is 13.0. The van der Waals surface area contributed by atoms with Gasteiger partial charge in [-0.1, -0.05) is 63.6 Å². The number of hydrogen-bond acceptors (Lipinski definition) is 9. The molecule has 2 aromatic carbocycles. The van der Waals surface area contributed by atoms with E-state index >= 15 is 0 Å². The van der Waals surface area contributed by atoms with Gasteiger partial charge in [-0.05, 0) is 23.6 Å². The van der Waals surface area contributed by atoms with Crippen molar-refractivity contribution in [2.24, 2.45) is 9.98 Å². The summed E-state index contributed by atoms with van der Waals surface area (Å²) in [6.45, 7) is 11.4. The Bertz CT molecular complexity index is 1300. The molecule has 10 heteroatoms. The van der Waals surface area contributed by atoms with Gasteiger partial charge in [-0.3, -0.25) is 15.0 Å². The Morgan fingerprint density at radius 3 is 2.40 bits per heavy atom. The number of amidine groups is 1. The van der Waals surface area contributed by atoms with Crippen LogP contribution in [0.3, 0.4) is 0 Å². The first-order chi connectivity index (χ1) is 17.3. The molecule has 2 aromatic heterocycles. The molecule has 6 rings (SSSR count). The minimum absolute atomic E-state index is 0.622. The number of fused-ring (bicyclic) bond motifs is 2. The summed E-state index contributed by atoms with van der Waals surface area (Å²) in [4.78, 5) is 13.0. The Balaban J connectivity index is 0.000000172. The van der Waals surface area contributed by atoms with Gasteiger partial charge in [0.25, 0.3) is 0 Å². The zero-order chi connectivity index (χ0) is 25.0. The van der Waals surface area contributed by atoms with Crippen molar-refractivity contribution < 1.29 is 0 Å². The second kappa shape index (κ2) is 13.6. The average molecular weight is 511 g/mol. The quantitative estimate of drug-likeness (QED) is 0.336. The lowest BCUT2D eigenvalue weighted by Crippen LogP contribution is -2.26. The molecule has 0 fully saturated rings. The van der Waals surface area contributed by atoms with Gasteiger partial charge in [0, 0.05) is 24.7 Å². The van der Waals surface area contributed by atoms with Crippen molar-refractivity contribution in [1.29, 1.82) is 0 Å². The van der Waals surface area contributed by atoms with Crippen LogP contribution in [-0.2, 0) is 0 Å². The topological polar surface area (TPSA) is 99.5 Å². The maximum Gasteiger partial charge on any atom is 0.196 e. The van der Waals surface area contributed by atoms with E-state index < -0.39 is 0 Å². The molecule has 0 atom stereocenters. The third-order valence-electron chi connectivity index (χ3n) is 4.87. The van der Waals surface area contributed by atoms with Crippen LogP contribution in [0.4, 0.5) is 5.69 Å². The molecule has 0 aliphatic carbocycles. The Labute approximate surface area is 215 Å². The maximum atomic E-state index is 6.13. The highest BCUT2D eigenvalue weighted by atomic mass is 35.5. The molecule has 0 spiro atoms. The summed E-state index contributed by atoms with van der Waals surface area (Å²) in [6.07, 6.45) is 1.83. The Morgan fingerprint density at radius 2 is 1.66 bits per heavy atom. The third-order valence-corrected chi connectivity index (χ3v) is 5.72. The van der Waals surface area contributed by atoms with Crippen molar-refractivity contribution in [3.63, 3.8) is 0 Å². The Kier molecular flexibility index (Phi) is 10.2. The fourth-order valence-corrected chi connectivity index (χ4v) is 4.15. The fraction of sp³-hybridized carbons (Fsp3) is 0.320. The van der Waals surface area contributed by atoms with Crippen LogP contribution in [0.2, 0.25) is 5.02 Å². The van der Waals surface area contributed by atoms with Gasteiger partial charge in [-0.25, -0.2) is 0 Å². The highest BCUT2D eigenvalue weighted by Crippen LogP contribution is 2.29. The summed E-state index contributed by atoms with van der Waals surface area (Å²) in [6, 6.07) is 13.9. The number of nitrogens with one attached hydrogen (secondary N) is 3. The van der Waals surface area contributed by atoms with E-state index in [-0.39, 0.29) is 0 Å². The van der Waals surface area contributed by atoms with Crippen LogP contribution >= 0.6 is 23.3 Å². The summed E-state index contributed by atoms with van der Waals surface area (Å²) in [5, 5.41) is 12.5. The van der Waals surface area contributed by atoms with Crippen LogP contribution < -0.4 is 16.0 Å². The van der Waals surface area contributed by atoms with Crippen molar-refractivity contribution in [1.82, 2.24) is 24.4 Å². The number of pyridine rings is 1. The van der Waals surface area contributed by atoms with Crippen LogP contribution in [0.25, 0.3) is 21.8 Å². The van der Waals surface area contributed by atoms with Crippen LogP contribution in [0.15, 0.2) is 58.6 Å². The lowest BCUT2D eigenvalue weighted by molar-refractivity contribution is 0.959. The van der Waals surface area contributed by atoms with Crippen LogP contribution in [0.1, 0.15) is 33.4 Å². The molecule has 2 aliphatic heterocycles. The highest BCUT2D eigenvalue weighted by Gasteiger charge is 2.13. The number of nitrogens with zero attached hydrogens (tertiary/aromatic N) is 5. The number of guanidine groups is 1. The zero-order valence-corrected chi connectivity index (χ0v) is 22.0. The summed E-state index contributed by atoms with van der Waals surface area (Å²) in [5.41, 5.74) is 3.36. The summed E-state index contributed by atoms with van der Waals surface area (Å²) < 4.78 is 8.39. The monoisotopic (exact) mass is 510 g/mol. The minimum Gasteiger partial charge on any atom is -0.367 e. The number of benzene rings is 2. The SMILES string of the molecule is CC.CC.Clc1ccc2nsnc2c1NC1=NCCN1.c1ccc2c(C3=NCCN3)nccc2c1. The van der Waals surface area contributed by atoms with Crippen molar-refractivity contribution in [2.45, 2.75) is 27.7 Å². The minimum atomic E-state index is 0.622. The molecule has 3 N–H and O–H groups in total. The molecule has 4 aromatic rings. The molecule has 0 saturated carbocycles. The maximum absolute atomic E-state index is 6.13. The molecule has 0 amide bonds. The second-order valence-corrected chi connectivity index (χ2v) is 7.81. The van der Waals surface area contributed by atoms with Crippen LogP contribution in [-0.4, -0.2) is 51.7 Å². The van der Waals surface area contributed by atoms with Gasteiger partial charge < -0.3 is 16.0 Å². The lowest BCUT2D eigenvalue weighted by atomic mass is 10.1. The molecule has 8 nitrogen and oxygen atoms in total. The number of anilines is 1. The number of aliphatic imine (C=N–C) groups is 2. The number of hydrogen-bond donors (Lipinski definition) is 3. The van der Waals surface area contributed by atoms with E-state index in [9.17, 15) is 0 Å². The normalized spacial score (nSPS) is 13.6. The van der Waals surface area contributed by atoms with Gasteiger partial charge in [-0.15, -0.1) is 0 Å². The average Bonchev–Trinajstić information content (AvgIpc) is 3.71. The third kappa shape index (κ3) is 6.43. The van der Waals surface area contributed by atoms with Crippen molar-refractivity contribution in [3.05, 3.63) is 59.4 Å². The molecule has 0 radical (unpaired) electrons. The van der Waals surface area contributed by atoms with Gasteiger partial charge in [0.1, 0.15) is 22.6 Å². The lowest BCUT2D eigenvalue weighted by Gasteiger charge is -2.08. The van der Waals surface area contributed by atoms with Gasteiger partial charge in [0.2, 0.25) is 0 Å². The molecular formula is C25H31ClN8S. The molecule has 35 heavy (non-hydrogen) atoms. The van der Waals surface area contributed by atoms with Crippen molar-refractivity contribution >= 4 is 62.6 Å². The van der Waals surface area contributed by atoms with Gasteiger partial charge in [-0.2, -0.15) is 8.75 Å². The largest absolute Gasteiger partial charge is 0.367 e. The van der Waals surface area contributed by atoms with E-state index in [0.717, 1.165) is 65.8 Å². The van der Waals surface area contributed by atoms with Gasteiger partial charge in [0.05, 0.1) is 35.5 Å². The van der Waals surface area contributed by atoms with E-state index in [0.29, 0.717) is 5.02 Å². The van der Waals surface area contributed by atoms with E-state index in [4.69, 9.17) is 11.6 Å². The van der Waals surface area contributed by atoms with Crippen LogP contribution in [0.5, 0.6) is 0 Å². The molecule has 2 aliphatic rings. The van der Waals surface area contributed by atoms with Gasteiger partial charge >= 0.3 is 0 Å². The Hall–Kier alpha value is -3.30. The Morgan fingerprint density at radius 1 is 0.886 bits per heavy atom. The molecule has 184 valence electrons. The fourth-order valence-electron chi connectivity index (χ4n) is 3.41. The van der Waals surface area contributed by atoms with Crippen molar-refractivity contribution in [3.8, 4) is 0 Å². The van der Waals surface area contributed by atoms with E-state index in [1.54, 1.807) is 0 Å². The highest BCUT2D eigenvalue weighted by molar-refractivity contribution is 7.00. The summed E-state index contributed by atoms with van der Waals surface area (Å²) >= 11 is 7.30. The molecule has 0 unspecified atom stereocenters. The first-order valence-electron chi connectivity index (χ1n) is 11.9. The predicted octanol–water partition coefficient (Wildman–Crippen LogP) is 5.35. The van der Waals surface area contributed by atoms with Gasteiger partial charge in [0.15, 0.2) is 5.96 Å². The summed E-state index contributed by atoms with van der Waals surface area (Å²) in [5.74, 6) is 1.66.